The molecule has 384 valence electrons. The summed E-state index contributed by atoms with van der Waals surface area (Å²) in [6.45, 7) is 10.6. The van der Waals surface area contributed by atoms with Crippen LogP contribution in [0.4, 0.5) is 28.4 Å². The first kappa shape index (κ1) is 53.0. The minimum absolute atomic E-state index is 0.0164. The van der Waals surface area contributed by atoms with Gasteiger partial charge in [-0.05, 0) is 90.9 Å². The van der Waals surface area contributed by atoms with E-state index in [0.717, 1.165) is 47.2 Å². The zero-order valence-corrected chi connectivity index (χ0v) is 42.9. The number of rotatable bonds is 26. The van der Waals surface area contributed by atoms with Gasteiger partial charge in [0.15, 0.2) is 29.3 Å². The minimum Gasteiger partial charge on any atom is -0.493 e. The molecule has 0 spiro atoms. The van der Waals surface area contributed by atoms with Gasteiger partial charge in [-0.3, -0.25) is 9.59 Å². The largest absolute Gasteiger partial charge is 0.493 e. The number of likely N-dealkylation sites (N-methyl/N-ethyl adjacent to an activating group) is 1. The molecule has 0 aromatic heterocycles. The van der Waals surface area contributed by atoms with Crippen LogP contribution in [0.1, 0.15) is 76.6 Å². The Morgan fingerprint density at radius 1 is 0.764 bits per heavy atom. The van der Waals surface area contributed by atoms with Crippen molar-refractivity contribution in [2.75, 3.05) is 113 Å². The maximum absolute atomic E-state index is 14.2. The molecule has 1 amide bonds. The summed E-state index contributed by atoms with van der Waals surface area (Å²) >= 11 is 0. The van der Waals surface area contributed by atoms with Gasteiger partial charge in [0.25, 0.3) is 5.91 Å². The Balaban J connectivity index is 0.00000376. The van der Waals surface area contributed by atoms with Gasteiger partial charge in [-0.25, -0.2) is 0 Å². The van der Waals surface area contributed by atoms with E-state index in [1.807, 2.05) is 55.1 Å². The number of hydrogen-bond acceptors (Lipinski definition) is 14. The second-order valence-electron chi connectivity index (χ2n) is 17.9. The molecule has 15 nitrogen and oxygen atoms in total. The number of ether oxygens (including phenoxy) is 7. The van der Waals surface area contributed by atoms with Crippen LogP contribution in [0, 0.1) is 0 Å². The average Bonchev–Trinajstić information content (AvgIpc) is 3.90. The third-order valence-electron chi connectivity index (χ3n) is 13.2. The fourth-order valence-corrected chi connectivity index (χ4v) is 9.50. The van der Waals surface area contributed by atoms with E-state index in [1.165, 1.54) is 11.3 Å². The number of fused-ring (bicyclic) bond motifs is 5. The third-order valence-corrected chi connectivity index (χ3v) is 13.2. The lowest BCUT2D eigenvalue weighted by atomic mass is 10.1. The van der Waals surface area contributed by atoms with Gasteiger partial charge >= 0.3 is 0 Å². The number of Topliss-reactive ketones (excluding diaryl/α,β-unsaturated/α-hetero) is 1. The first-order valence-electron chi connectivity index (χ1n) is 25.0. The van der Waals surface area contributed by atoms with Crippen LogP contribution in [0.3, 0.4) is 0 Å². The second kappa shape index (κ2) is 26.1. The van der Waals surface area contributed by atoms with Gasteiger partial charge in [-0.2, -0.15) is 0 Å². The van der Waals surface area contributed by atoms with Crippen molar-refractivity contribution >= 4 is 46.4 Å². The standard InChI is InChI=1S/C55H65N5O10.C2H6/c1-37(62)11-10-16-59(17-18-67-21-22-68-20-19-64-3)43-24-38(35-69-53-30-47(42(34-61)28-51(53)65-4)56-32-44-26-40-12-6-8-14-49(40)58(44)2)23-39(25-43)36-70-54-31-48-46(29-52(54)66-5)55(63)60-45(33-57-48)27-41-13-7-9-15-50(41)60;1-2/h6-9,12-15,23-25,28-31,34,44-45,56-57H,10-11,16-22,26-27,32-33,35-36H2,1-5H3;1-2H3/t44?,45-;/m0./s1. The molecule has 0 bridgehead atoms. The first-order valence-corrected chi connectivity index (χ1v) is 25.0. The van der Waals surface area contributed by atoms with Crippen LogP contribution in [-0.2, 0) is 45.1 Å². The molecule has 2 N–H and O–H groups in total. The van der Waals surface area contributed by atoms with E-state index in [1.54, 1.807) is 40.4 Å². The number of carbonyl (C=O) groups is 3. The van der Waals surface area contributed by atoms with E-state index in [0.29, 0.717) is 118 Å². The SMILES string of the molecule is CC.COCCOCCOCCN(CCCC(C)=O)c1cc(COc2cc(NCC3Cc4ccccc4N3C)c(C=O)cc2OC)cc(COc2cc3c(cc2OC)C(=O)N2c4ccccc4C[C@H]2CN3)c1. The van der Waals surface area contributed by atoms with Crippen LogP contribution >= 0.6 is 0 Å². The lowest BCUT2D eigenvalue weighted by Gasteiger charge is -2.26. The molecule has 0 radical (unpaired) electrons. The third kappa shape index (κ3) is 13.0. The lowest BCUT2D eigenvalue weighted by Crippen LogP contribution is -2.39. The highest BCUT2D eigenvalue weighted by molar-refractivity contribution is 6.12. The highest BCUT2D eigenvalue weighted by Gasteiger charge is 2.38. The molecular weight excluding hydrogens is 915 g/mol. The Morgan fingerprint density at radius 2 is 1.40 bits per heavy atom. The zero-order chi connectivity index (χ0) is 51.0. The highest BCUT2D eigenvalue weighted by Crippen LogP contribution is 2.41. The number of aldehydes is 1. The molecule has 2 atom stereocenters. The van der Waals surface area contributed by atoms with Crippen molar-refractivity contribution in [3.63, 3.8) is 0 Å². The molecule has 5 aromatic rings. The predicted molar refractivity (Wildman–Crippen MR) is 284 cm³/mol. The van der Waals surface area contributed by atoms with Gasteiger partial charge < -0.3 is 63.3 Å². The summed E-state index contributed by atoms with van der Waals surface area (Å²) in [7, 11) is 6.87. The predicted octanol–water partition coefficient (Wildman–Crippen LogP) is 9.03. The van der Waals surface area contributed by atoms with E-state index >= 15 is 0 Å². The highest BCUT2D eigenvalue weighted by atomic mass is 16.5. The summed E-state index contributed by atoms with van der Waals surface area (Å²) in [4.78, 5) is 45.0. The second-order valence-corrected chi connectivity index (χ2v) is 17.9. The van der Waals surface area contributed by atoms with Gasteiger partial charge in [0.2, 0.25) is 0 Å². The van der Waals surface area contributed by atoms with Crippen LogP contribution in [0.5, 0.6) is 23.0 Å². The molecule has 3 heterocycles. The van der Waals surface area contributed by atoms with Crippen LogP contribution in [-0.4, -0.2) is 118 Å². The average molecular weight is 986 g/mol. The van der Waals surface area contributed by atoms with Crippen molar-refractivity contribution in [1.29, 1.82) is 0 Å². The van der Waals surface area contributed by atoms with Crippen LogP contribution < -0.4 is 44.3 Å². The number of nitrogens with one attached hydrogen (secondary N) is 2. The minimum atomic E-state index is -0.0858. The summed E-state index contributed by atoms with van der Waals surface area (Å²) < 4.78 is 41.5. The number of ketones is 1. The van der Waals surface area contributed by atoms with E-state index in [-0.39, 0.29) is 37.0 Å². The Bertz CT molecular complexity index is 2620. The number of para-hydroxylation sites is 2. The van der Waals surface area contributed by atoms with E-state index in [9.17, 15) is 14.4 Å². The quantitative estimate of drug-likeness (QED) is 0.0401. The topological polar surface area (TPSA) is 150 Å². The van der Waals surface area contributed by atoms with Crippen LogP contribution in [0.25, 0.3) is 0 Å². The van der Waals surface area contributed by atoms with Gasteiger partial charge in [0.1, 0.15) is 19.0 Å². The fraction of sp³-hybridized carbons (Fsp3) is 0.421. The van der Waals surface area contributed by atoms with Gasteiger partial charge in [0, 0.05) is 87.2 Å². The lowest BCUT2D eigenvalue weighted by molar-refractivity contribution is -0.117. The number of anilines is 5. The smallest absolute Gasteiger partial charge is 0.260 e. The molecule has 1 unspecified atom stereocenters. The number of benzene rings is 5. The molecule has 0 saturated heterocycles. The molecule has 5 aromatic carbocycles. The molecule has 3 aliphatic rings. The van der Waals surface area contributed by atoms with Crippen LogP contribution in [0.15, 0.2) is 91.0 Å². The fourth-order valence-electron chi connectivity index (χ4n) is 9.50. The summed E-state index contributed by atoms with van der Waals surface area (Å²) in [5, 5.41) is 7.05. The molecule has 8 rings (SSSR count). The van der Waals surface area contributed by atoms with Crippen molar-refractivity contribution in [2.45, 2.75) is 71.8 Å². The van der Waals surface area contributed by atoms with Gasteiger partial charge in [-0.15, -0.1) is 0 Å². The molecule has 3 aliphatic heterocycles. The Labute approximate surface area is 424 Å². The molecule has 0 aliphatic carbocycles. The molecule has 72 heavy (non-hydrogen) atoms. The number of amides is 1. The molecule has 15 heteroatoms. The maximum Gasteiger partial charge on any atom is 0.260 e. The summed E-state index contributed by atoms with van der Waals surface area (Å²) in [5.41, 5.74) is 9.51. The van der Waals surface area contributed by atoms with Crippen molar-refractivity contribution in [2.24, 2.45) is 0 Å². The van der Waals surface area contributed by atoms with Crippen molar-refractivity contribution in [3.8, 4) is 23.0 Å². The summed E-state index contributed by atoms with van der Waals surface area (Å²) in [6.07, 6.45) is 3.59. The number of carbonyl (C=O) groups excluding carboxylic acids is 3. The summed E-state index contributed by atoms with van der Waals surface area (Å²) in [5.74, 6) is 1.87. The van der Waals surface area contributed by atoms with Gasteiger partial charge in [0.05, 0.1) is 70.6 Å². The van der Waals surface area contributed by atoms with Crippen molar-refractivity contribution in [3.05, 3.63) is 124 Å². The number of nitrogens with zero attached hydrogens (tertiary/aromatic N) is 3. The zero-order valence-electron chi connectivity index (χ0n) is 42.9. The van der Waals surface area contributed by atoms with E-state index in [2.05, 4.69) is 69.9 Å². The van der Waals surface area contributed by atoms with E-state index < -0.39 is 0 Å². The van der Waals surface area contributed by atoms with E-state index in [4.69, 9.17) is 33.2 Å². The monoisotopic (exact) mass is 986 g/mol. The molecule has 0 saturated carbocycles. The normalized spacial score (nSPS) is 15.2. The van der Waals surface area contributed by atoms with Crippen molar-refractivity contribution in [1.82, 2.24) is 0 Å². The number of hydrogen-bond donors (Lipinski definition) is 2. The molecular formula is C57H71N5O10. The Kier molecular flexibility index (Phi) is 19.2. The summed E-state index contributed by atoms with van der Waals surface area (Å²) in [6, 6.07) is 30.0. The Morgan fingerprint density at radius 3 is 2.07 bits per heavy atom. The maximum atomic E-state index is 14.2. The molecule has 0 fully saturated rings. The van der Waals surface area contributed by atoms with Gasteiger partial charge in [-0.1, -0.05) is 50.2 Å². The first-order chi connectivity index (χ1) is 35.2. The van der Waals surface area contributed by atoms with Crippen molar-refractivity contribution < 1.29 is 47.5 Å². The number of methoxy groups -OCH3 is 3. The van der Waals surface area contributed by atoms with Crippen LogP contribution in [0.2, 0.25) is 0 Å². The Hall–Kier alpha value is -6.81.